The van der Waals surface area contributed by atoms with Crippen LogP contribution in [0.25, 0.3) is 0 Å². The molecule has 3 N–H and O–H groups in total. The molecule has 0 spiro atoms. The third kappa shape index (κ3) is 5.49. The van der Waals surface area contributed by atoms with Crippen molar-refractivity contribution in [3.63, 3.8) is 0 Å². The van der Waals surface area contributed by atoms with E-state index in [9.17, 15) is 9.59 Å². The standard InChI is InChI=1S/C23H30N4O3/c1-15(2)25-22(28)16-8-6-9-17(14-16)26-23(29)18-10-7-13-24-21(18)27-19-11-4-5-12-20(19)30-3/h4-5,7,10-13,15-17H,6,8-9,14H2,1-3H3,(H,24,27)(H,25,28)(H,26,29). The topological polar surface area (TPSA) is 92.3 Å². The number of carbonyl (C=O) groups is 2. The van der Waals surface area contributed by atoms with Crippen LogP contribution in [0.3, 0.4) is 0 Å². The van der Waals surface area contributed by atoms with Gasteiger partial charge in [-0.25, -0.2) is 4.98 Å². The highest BCUT2D eigenvalue weighted by atomic mass is 16.5. The number of nitrogens with zero attached hydrogens (tertiary/aromatic N) is 1. The van der Waals surface area contributed by atoms with Crippen LogP contribution in [-0.2, 0) is 4.79 Å². The Balaban J connectivity index is 1.69. The van der Waals surface area contributed by atoms with Gasteiger partial charge in [0.05, 0.1) is 18.4 Å². The lowest BCUT2D eigenvalue weighted by Crippen LogP contribution is -2.43. The Labute approximate surface area is 177 Å². The van der Waals surface area contributed by atoms with Crippen molar-refractivity contribution in [2.75, 3.05) is 12.4 Å². The molecule has 30 heavy (non-hydrogen) atoms. The summed E-state index contributed by atoms with van der Waals surface area (Å²) in [6.45, 7) is 3.91. The van der Waals surface area contributed by atoms with Gasteiger partial charge in [-0.05, 0) is 57.4 Å². The fraction of sp³-hybridized carbons (Fsp3) is 0.435. The number of rotatable bonds is 7. The maximum atomic E-state index is 13.0. The van der Waals surface area contributed by atoms with Gasteiger partial charge in [-0.3, -0.25) is 9.59 Å². The van der Waals surface area contributed by atoms with Crippen molar-refractivity contribution in [3.05, 3.63) is 48.2 Å². The van der Waals surface area contributed by atoms with E-state index < -0.39 is 0 Å². The summed E-state index contributed by atoms with van der Waals surface area (Å²) in [7, 11) is 1.60. The predicted octanol–water partition coefficient (Wildman–Crippen LogP) is 3.65. The van der Waals surface area contributed by atoms with E-state index in [0.29, 0.717) is 23.6 Å². The highest BCUT2D eigenvalue weighted by Crippen LogP contribution is 2.28. The molecule has 1 aromatic carbocycles. The number of methoxy groups -OCH3 is 1. The van der Waals surface area contributed by atoms with E-state index in [1.54, 1.807) is 25.4 Å². The summed E-state index contributed by atoms with van der Waals surface area (Å²) < 4.78 is 5.37. The number of anilines is 2. The Kier molecular flexibility index (Phi) is 7.27. The summed E-state index contributed by atoms with van der Waals surface area (Å²) in [6.07, 6.45) is 4.94. The summed E-state index contributed by atoms with van der Waals surface area (Å²) >= 11 is 0. The highest BCUT2D eigenvalue weighted by molar-refractivity contribution is 5.99. The number of nitrogens with one attached hydrogen (secondary N) is 3. The molecule has 1 heterocycles. The van der Waals surface area contributed by atoms with Gasteiger partial charge in [0.1, 0.15) is 11.6 Å². The Hall–Kier alpha value is -3.09. The minimum absolute atomic E-state index is 0.0338. The second kappa shape index (κ2) is 10.1. The first-order valence-electron chi connectivity index (χ1n) is 10.4. The van der Waals surface area contributed by atoms with Gasteiger partial charge in [0, 0.05) is 24.2 Å². The normalized spacial score (nSPS) is 18.5. The summed E-state index contributed by atoms with van der Waals surface area (Å²) in [5, 5.41) is 9.28. The minimum Gasteiger partial charge on any atom is -0.495 e. The van der Waals surface area contributed by atoms with Gasteiger partial charge < -0.3 is 20.7 Å². The van der Waals surface area contributed by atoms with E-state index in [1.165, 1.54) is 0 Å². The van der Waals surface area contributed by atoms with Crippen molar-refractivity contribution in [2.24, 2.45) is 5.92 Å². The Morgan fingerprint density at radius 1 is 1.13 bits per heavy atom. The predicted molar refractivity (Wildman–Crippen MR) is 117 cm³/mol. The van der Waals surface area contributed by atoms with Crippen LogP contribution in [0.5, 0.6) is 5.75 Å². The molecule has 2 atom stereocenters. The first-order chi connectivity index (χ1) is 14.5. The van der Waals surface area contributed by atoms with Gasteiger partial charge in [-0.2, -0.15) is 0 Å². The van der Waals surface area contributed by atoms with Crippen molar-refractivity contribution in [2.45, 2.75) is 51.6 Å². The van der Waals surface area contributed by atoms with Crippen molar-refractivity contribution < 1.29 is 14.3 Å². The van der Waals surface area contributed by atoms with Crippen molar-refractivity contribution in [3.8, 4) is 5.75 Å². The van der Waals surface area contributed by atoms with Gasteiger partial charge in [-0.15, -0.1) is 0 Å². The molecule has 2 unspecified atom stereocenters. The smallest absolute Gasteiger partial charge is 0.255 e. The molecule has 1 aromatic heterocycles. The maximum absolute atomic E-state index is 13.0. The maximum Gasteiger partial charge on any atom is 0.255 e. The summed E-state index contributed by atoms with van der Waals surface area (Å²) in [4.78, 5) is 29.7. The monoisotopic (exact) mass is 410 g/mol. The Morgan fingerprint density at radius 3 is 2.70 bits per heavy atom. The van der Waals surface area contributed by atoms with E-state index in [1.807, 2.05) is 38.1 Å². The number of pyridine rings is 1. The molecular weight excluding hydrogens is 380 g/mol. The largest absolute Gasteiger partial charge is 0.495 e. The van der Waals surface area contributed by atoms with Crippen LogP contribution in [0.15, 0.2) is 42.6 Å². The zero-order chi connectivity index (χ0) is 21.5. The van der Waals surface area contributed by atoms with Crippen molar-refractivity contribution >= 4 is 23.3 Å². The van der Waals surface area contributed by atoms with Crippen LogP contribution in [-0.4, -0.2) is 36.0 Å². The zero-order valence-electron chi connectivity index (χ0n) is 17.8. The second-order valence-corrected chi connectivity index (χ2v) is 7.92. The molecule has 1 saturated carbocycles. The Bertz CT molecular complexity index is 884. The number of benzene rings is 1. The summed E-state index contributed by atoms with van der Waals surface area (Å²) in [5.41, 5.74) is 1.19. The summed E-state index contributed by atoms with van der Waals surface area (Å²) in [5.74, 6) is 0.941. The number of carbonyl (C=O) groups excluding carboxylic acids is 2. The lowest BCUT2D eigenvalue weighted by molar-refractivity contribution is -0.126. The van der Waals surface area contributed by atoms with Gasteiger partial charge in [-0.1, -0.05) is 18.6 Å². The van der Waals surface area contributed by atoms with E-state index in [-0.39, 0.29) is 29.8 Å². The van der Waals surface area contributed by atoms with Gasteiger partial charge in [0.2, 0.25) is 5.91 Å². The van der Waals surface area contributed by atoms with E-state index in [4.69, 9.17) is 4.74 Å². The Morgan fingerprint density at radius 2 is 1.93 bits per heavy atom. The molecule has 1 aliphatic rings. The van der Waals surface area contributed by atoms with Crippen LogP contribution in [0.4, 0.5) is 11.5 Å². The third-order valence-electron chi connectivity index (χ3n) is 5.22. The minimum atomic E-state index is -0.199. The van der Waals surface area contributed by atoms with Crippen LogP contribution in [0.2, 0.25) is 0 Å². The molecule has 0 saturated heterocycles. The van der Waals surface area contributed by atoms with Crippen LogP contribution in [0.1, 0.15) is 49.9 Å². The van der Waals surface area contributed by atoms with Crippen LogP contribution >= 0.6 is 0 Å². The number of hydrogen-bond acceptors (Lipinski definition) is 5. The average molecular weight is 411 g/mol. The fourth-order valence-corrected chi connectivity index (χ4v) is 3.79. The zero-order valence-corrected chi connectivity index (χ0v) is 17.8. The number of amides is 2. The first-order valence-corrected chi connectivity index (χ1v) is 10.4. The summed E-state index contributed by atoms with van der Waals surface area (Å²) in [6, 6.07) is 11.0. The fourth-order valence-electron chi connectivity index (χ4n) is 3.79. The molecule has 1 fully saturated rings. The first kappa shape index (κ1) is 21.6. The lowest BCUT2D eigenvalue weighted by Gasteiger charge is -2.29. The molecule has 0 bridgehead atoms. The van der Waals surface area contributed by atoms with Crippen LogP contribution in [0, 0.1) is 5.92 Å². The number of para-hydroxylation sites is 2. The van der Waals surface area contributed by atoms with E-state index in [2.05, 4.69) is 20.9 Å². The number of ether oxygens (including phenoxy) is 1. The van der Waals surface area contributed by atoms with Crippen LogP contribution < -0.4 is 20.7 Å². The molecule has 0 radical (unpaired) electrons. The molecule has 7 nitrogen and oxygen atoms in total. The number of hydrogen-bond donors (Lipinski definition) is 3. The van der Waals surface area contributed by atoms with Gasteiger partial charge in [0.15, 0.2) is 0 Å². The molecule has 2 amide bonds. The lowest BCUT2D eigenvalue weighted by atomic mass is 9.85. The molecule has 7 heteroatoms. The van der Waals surface area contributed by atoms with Gasteiger partial charge in [0.25, 0.3) is 5.91 Å². The van der Waals surface area contributed by atoms with Crippen molar-refractivity contribution in [1.82, 2.24) is 15.6 Å². The molecular formula is C23H30N4O3. The molecule has 1 aliphatic carbocycles. The highest BCUT2D eigenvalue weighted by Gasteiger charge is 2.29. The van der Waals surface area contributed by atoms with Crippen molar-refractivity contribution in [1.29, 1.82) is 0 Å². The second-order valence-electron chi connectivity index (χ2n) is 7.92. The molecule has 2 aromatic rings. The van der Waals surface area contributed by atoms with Gasteiger partial charge >= 0.3 is 0 Å². The number of aromatic nitrogens is 1. The molecule has 3 rings (SSSR count). The molecule has 160 valence electrons. The third-order valence-corrected chi connectivity index (χ3v) is 5.22. The molecule has 0 aliphatic heterocycles. The quantitative estimate of drug-likeness (QED) is 0.648. The SMILES string of the molecule is COc1ccccc1Nc1ncccc1C(=O)NC1CCCC(C(=O)NC(C)C)C1. The van der Waals surface area contributed by atoms with E-state index >= 15 is 0 Å². The average Bonchev–Trinajstić information content (AvgIpc) is 2.74. The van der Waals surface area contributed by atoms with E-state index in [0.717, 1.165) is 24.9 Å².